The number of aromatic carboxylic acids is 1. The standard InChI is InChI=1S/C27H42O6/c1-3-5-7-9-11-12-14-15-19-32-26(30)22-17-18-23(24(21-22)25(28)29)27(31)33-20-16-13-10-8-6-4-2/h17-18,21H,3-16,19-20H2,1-2H3,(H,28,29). The number of rotatable bonds is 19. The Balaban J connectivity index is 2.44. The van der Waals surface area contributed by atoms with Crippen molar-refractivity contribution in [2.45, 2.75) is 104 Å². The molecule has 1 aromatic rings. The minimum absolute atomic E-state index is 0.0481. The average Bonchev–Trinajstić information content (AvgIpc) is 2.81. The Kier molecular flexibility index (Phi) is 15.7. The van der Waals surface area contributed by atoms with E-state index < -0.39 is 17.9 Å². The summed E-state index contributed by atoms with van der Waals surface area (Å²) in [6.07, 6.45) is 15.5. The summed E-state index contributed by atoms with van der Waals surface area (Å²) in [6.45, 7) is 4.92. The van der Waals surface area contributed by atoms with Crippen LogP contribution in [0.3, 0.4) is 0 Å². The lowest BCUT2D eigenvalue weighted by molar-refractivity contribution is 0.0477. The van der Waals surface area contributed by atoms with Crippen molar-refractivity contribution in [3.8, 4) is 0 Å². The van der Waals surface area contributed by atoms with Crippen LogP contribution in [-0.2, 0) is 9.47 Å². The van der Waals surface area contributed by atoms with Crippen LogP contribution in [0.2, 0.25) is 0 Å². The van der Waals surface area contributed by atoms with Crippen molar-refractivity contribution >= 4 is 17.9 Å². The summed E-state index contributed by atoms with van der Waals surface area (Å²) in [5.74, 6) is -2.54. The molecule has 6 heteroatoms. The molecular formula is C27H42O6. The highest BCUT2D eigenvalue weighted by atomic mass is 16.5. The molecule has 33 heavy (non-hydrogen) atoms. The van der Waals surface area contributed by atoms with Crippen LogP contribution in [0.25, 0.3) is 0 Å². The molecule has 0 radical (unpaired) electrons. The van der Waals surface area contributed by atoms with Crippen LogP contribution in [-0.4, -0.2) is 36.2 Å². The first-order valence-electron chi connectivity index (χ1n) is 12.7. The van der Waals surface area contributed by atoms with Crippen LogP contribution in [0.4, 0.5) is 0 Å². The van der Waals surface area contributed by atoms with Gasteiger partial charge in [-0.1, -0.05) is 90.9 Å². The molecule has 0 aliphatic carbocycles. The van der Waals surface area contributed by atoms with Crippen LogP contribution >= 0.6 is 0 Å². The van der Waals surface area contributed by atoms with E-state index in [4.69, 9.17) is 9.47 Å². The van der Waals surface area contributed by atoms with Gasteiger partial charge in [0.05, 0.1) is 29.9 Å². The van der Waals surface area contributed by atoms with Gasteiger partial charge in [-0.15, -0.1) is 0 Å². The zero-order chi connectivity index (χ0) is 24.3. The second-order valence-electron chi connectivity index (χ2n) is 8.58. The molecule has 0 saturated carbocycles. The van der Waals surface area contributed by atoms with E-state index in [1.54, 1.807) is 0 Å². The van der Waals surface area contributed by atoms with Crippen LogP contribution in [0.5, 0.6) is 0 Å². The number of unbranched alkanes of at least 4 members (excludes halogenated alkanes) is 12. The molecule has 1 aromatic carbocycles. The largest absolute Gasteiger partial charge is 0.478 e. The molecule has 1 rings (SSSR count). The first-order valence-corrected chi connectivity index (χ1v) is 12.7. The highest BCUT2D eigenvalue weighted by Gasteiger charge is 2.20. The number of carbonyl (C=O) groups is 3. The smallest absolute Gasteiger partial charge is 0.339 e. The average molecular weight is 463 g/mol. The summed E-state index contributed by atoms with van der Waals surface area (Å²) in [5, 5.41) is 9.50. The highest BCUT2D eigenvalue weighted by molar-refractivity contribution is 6.04. The minimum atomic E-state index is -1.28. The van der Waals surface area contributed by atoms with Gasteiger partial charge in [0.2, 0.25) is 0 Å². The monoisotopic (exact) mass is 462 g/mol. The normalized spacial score (nSPS) is 10.7. The zero-order valence-corrected chi connectivity index (χ0v) is 20.5. The summed E-state index contributed by atoms with van der Waals surface area (Å²) in [6, 6.07) is 3.95. The highest BCUT2D eigenvalue weighted by Crippen LogP contribution is 2.16. The summed E-state index contributed by atoms with van der Waals surface area (Å²) in [4.78, 5) is 36.3. The number of hydrogen-bond donors (Lipinski definition) is 1. The SMILES string of the molecule is CCCCCCCCCCOC(=O)c1ccc(C(=O)OCCCCCCCC)c(C(=O)O)c1. The van der Waals surface area contributed by atoms with Crippen LogP contribution in [0.1, 0.15) is 135 Å². The van der Waals surface area contributed by atoms with Crippen molar-refractivity contribution in [2.75, 3.05) is 13.2 Å². The summed E-state index contributed by atoms with van der Waals surface area (Å²) < 4.78 is 10.5. The van der Waals surface area contributed by atoms with E-state index in [1.165, 1.54) is 69.6 Å². The maximum Gasteiger partial charge on any atom is 0.339 e. The van der Waals surface area contributed by atoms with Gasteiger partial charge >= 0.3 is 17.9 Å². The van der Waals surface area contributed by atoms with Gasteiger partial charge in [0.15, 0.2) is 0 Å². The molecule has 0 aliphatic heterocycles. The number of hydrogen-bond acceptors (Lipinski definition) is 5. The van der Waals surface area contributed by atoms with Gasteiger partial charge in [-0.05, 0) is 31.0 Å². The van der Waals surface area contributed by atoms with Crippen molar-refractivity contribution in [3.05, 3.63) is 34.9 Å². The van der Waals surface area contributed by atoms with Gasteiger partial charge in [0, 0.05) is 0 Å². The molecule has 0 heterocycles. The Bertz CT molecular complexity index is 713. The maximum absolute atomic E-state index is 12.3. The topological polar surface area (TPSA) is 89.9 Å². The second kappa shape index (κ2) is 18.1. The van der Waals surface area contributed by atoms with E-state index in [-0.39, 0.29) is 23.3 Å². The van der Waals surface area contributed by atoms with Crippen molar-refractivity contribution < 1.29 is 29.0 Å². The predicted octanol–water partition coefficient (Wildman–Crippen LogP) is 7.20. The molecule has 186 valence electrons. The molecule has 6 nitrogen and oxygen atoms in total. The first-order chi connectivity index (χ1) is 16.0. The lowest BCUT2D eigenvalue weighted by Gasteiger charge is -2.10. The Hall–Kier alpha value is -2.37. The van der Waals surface area contributed by atoms with E-state index in [2.05, 4.69) is 13.8 Å². The van der Waals surface area contributed by atoms with Crippen LogP contribution < -0.4 is 0 Å². The van der Waals surface area contributed by atoms with E-state index in [0.29, 0.717) is 6.61 Å². The van der Waals surface area contributed by atoms with Crippen molar-refractivity contribution in [1.29, 1.82) is 0 Å². The molecule has 1 N–H and O–H groups in total. The lowest BCUT2D eigenvalue weighted by Crippen LogP contribution is -2.15. The van der Waals surface area contributed by atoms with E-state index in [0.717, 1.165) is 38.5 Å². The van der Waals surface area contributed by atoms with E-state index in [1.807, 2.05) is 0 Å². The molecule has 0 spiro atoms. The molecule has 0 saturated heterocycles. The fourth-order valence-electron chi connectivity index (χ4n) is 3.64. The molecular weight excluding hydrogens is 420 g/mol. The van der Waals surface area contributed by atoms with Crippen molar-refractivity contribution in [3.63, 3.8) is 0 Å². The Morgan fingerprint density at radius 2 is 1.09 bits per heavy atom. The Morgan fingerprint density at radius 3 is 1.58 bits per heavy atom. The Labute approximate surface area is 199 Å². The fourth-order valence-corrected chi connectivity index (χ4v) is 3.64. The van der Waals surface area contributed by atoms with E-state index in [9.17, 15) is 19.5 Å². The molecule has 0 fully saturated rings. The lowest BCUT2D eigenvalue weighted by atomic mass is 10.0. The third-order valence-electron chi connectivity index (χ3n) is 5.67. The van der Waals surface area contributed by atoms with Crippen molar-refractivity contribution in [2.24, 2.45) is 0 Å². The molecule has 0 aliphatic rings. The minimum Gasteiger partial charge on any atom is -0.478 e. The van der Waals surface area contributed by atoms with Gasteiger partial charge in [-0.2, -0.15) is 0 Å². The zero-order valence-electron chi connectivity index (χ0n) is 20.5. The number of esters is 2. The second-order valence-corrected chi connectivity index (χ2v) is 8.58. The van der Waals surface area contributed by atoms with Gasteiger partial charge in [0.25, 0.3) is 0 Å². The molecule has 0 aromatic heterocycles. The molecule has 0 bridgehead atoms. The van der Waals surface area contributed by atoms with Crippen LogP contribution in [0.15, 0.2) is 18.2 Å². The number of benzene rings is 1. The van der Waals surface area contributed by atoms with Crippen LogP contribution in [0, 0.1) is 0 Å². The maximum atomic E-state index is 12.3. The fraction of sp³-hybridized carbons (Fsp3) is 0.667. The Morgan fingerprint density at radius 1 is 0.636 bits per heavy atom. The summed E-state index contributed by atoms with van der Waals surface area (Å²) >= 11 is 0. The summed E-state index contributed by atoms with van der Waals surface area (Å²) in [5.41, 5.74) is -0.169. The molecule has 0 amide bonds. The summed E-state index contributed by atoms with van der Waals surface area (Å²) in [7, 11) is 0. The van der Waals surface area contributed by atoms with Gasteiger partial charge in [-0.25, -0.2) is 14.4 Å². The number of carboxylic acid groups (broad SMARTS) is 1. The first kappa shape index (κ1) is 28.7. The van der Waals surface area contributed by atoms with E-state index >= 15 is 0 Å². The number of carbonyl (C=O) groups excluding carboxylic acids is 2. The van der Waals surface area contributed by atoms with Gasteiger partial charge < -0.3 is 14.6 Å². The molecule has 0 atom stereocenters. The molecule has 0 unspecified atom stereocenters. The quantitative estimate of drug-likeness (QED) is 0.173. The third kappa shape index (κ3) is 12.4. The number of ether oxygens (including phenoxy) is 2. The van der Waals surface area contributed by atoms with Gasteiger partial charge in [-0.3, -0.25) is 0 Å². The number of carboxylic acids is 1. The van der Waals surface area contributed by atoms with Crippen molar-refractivity contribution in [1.82, 2.24) is 0 Å². The predicted molar refractivity (Wildman–Crippen MR) is 130 cm³/mol. The van der Waals surface area contributed by atoms with Gasteiger partial charge in [0.1, 0.15) is 0 Å². The third-order valence-corrected chi connectivity index (χ3v) is 5.67.